The molecule has 0 aliphatic rings. The fourth-order valence-corrected chi connectivity index (χ4v) is 3.37. The molecule has 0 rings (SSSR count). The third-order valence-corrected chi connectivity index (χ3v) is 4.99. The van der Waals surface area contributed by atoms with Gasteiger partial charge in [0.05, 0.1) is 6.61 Å². The summed E-state index contributed by atoms with van der Waals surface area (Å²) in [4.78, 5) is 11.5. The standard InChI is InChI=1S/C21H40O4/c1-7-9-10-11-12-13-15-19(21(8-2,23-5)24-6)16-14-17-25-20(22)18(3)4/h19H,3,7-17H2,1-2,4-6H3. The quantitative estimate of drug-likeness (QED) is 0.155. The van der Waals surface area contributed by atoms with E-state index in [0.29, 0.717) is 18.1 Å². The van der Waals surface area contributed by atoms with E-state index in [1.165, 1.54) is 38.5 Å². The molecule has 0 radical (unpaired) electrons. The molecule has 0 aliphatic heterocycles. The summed E-state index contributed by atoms with van der Waals surface area (Å²) in [6.45, 7) is 10.0. The number of unbranched alkanes of at least 4 members (excludes halogenated alkanes) is 5. The summed E-state index contributed by atoms with van der Waals surface area (Å²) < 4.78 is 16.7. The number of carbonyl (C=O) groups is 1. The van der Waals surface area contributed by atoms with Gasteiger partial charge in [0.15, 0.2) is 5.79 Å². The van der Waals surface area contributed by atoms with Crippen molar-refractivity contribution >= 4 is 5.97 Å². The maximum absolute atomic E-state index is 11.5. The van der Waals surface area contributed by atoms with Crippen molar-refractivity contribution in [2.75, 3.05) is 20.8 Å². The van der Waals surface area contributed by atoms with E-state index in [1.807, 2.05) is 0 Å². The number of esters is 1. The molecule has 0 heterocycles. The minimum Gasteiger partial charge on any atom is -0.462 e. The molecule has 0 saturated carbocycles. The maximum atomic E-state index is 11.5. The van der Waals surface area contributed by atoms with Crippen molar-refractivity contribution in [3.8, 4) is 0 Å². The highest BCUT2D eigenvalue weighted by molar-refractivity contribution is 5.86. The van der Waals surface area contributed by atoms with Crippen LogP contribution < -0.4 is 0 Å². The van der Waals surface area contributed by atoms with Gasteiger partial charge in [-0.3, -0.25) is 0 Å². The van der Waals surface area contributed by atoms with E-state index in [-0.39, 0.29) is 5.97 Å². The van der Waals surface area contributed by atoms with E-state index >= 15 is 0 Å². The molecular weight excluding hydrogens is 316 g/mol. The van der Waals surface area contributed by atoms with Crippen molar-refractivity contribution in [2.24, 2.45) is 5.92 Å². The highest BCUT2D eigenvalue weighted by Gasteiger charge is 2.36. The Balaban J connectivity index is 4.47. The third kappa shape index (κ3) is 9.41. The van der Waals surface area contributed by atoms with Crippen LogP contribution in [0.5, 0.6) is 0 Å². The summed E-state index contributed by atoms with van der Waals surface area (Å²) in [5.41, 5.74) is 0.445. The molecule has 4 heteroatoms. The summed E-state index contributed by atoms with van der Waals surface area (Å²) in [7, 11) is 3.45. The van der Waals surface area contributed by atoms with Gasteiger partial charge in [-0.05, 0) is 32.6 Å². The lowest BCUT2D eigenvalue weighted by molar-refractivity contribution is -0.244. The number of methoxy groups -OCH3 is 2. The van der Waals surface area contributed by atoms with Gasteiger partial charge in [0, 0.05) is 25.7 Å². The Morgan fingerprint density at radius 1 is 0.960 bits per heavy atom. The van der Waals surface area contributed by atoms with E-state index in [0.717, 1.165) is 25.7 Å². The lowest BCUT2D eigenvalue weighted by Crippen LogP contribution is -2.41. The molecule has 0 fully saturated rings. The molecule has 0 aromatic carbocycles. The Morgan fingerprint density at radius 2 is 1.52 bits per heavy atom. The minimum atomic E-state index is -0.540. The number of carbonyl (C=O) groups excluding carboxylic acids is 1. The maximum Gasteiger partial charge on any atom is 0.333 e. The molecule has 1 unspecified atom stereocenters. The molecule has 4 nitrogen and oxygen atoms in total. The zero-order chi connectivity index (χ0) is 19.1. The summed E-state index contributed by atoms with van der Waals surface area (Å²) in [6, 6.07) is 0. The van der Waals surface area contributed by atoms with Crippen LogP contribution in [0, 0.1) is 5.92 Å². The molecule has 0 N–H and O–H groups in total. The highest BCUT2D eigenvalue weighted by atomic mass is 16.7. The van der Waals surface area contributed by atoms with Crippen molar-refractivity contribution < 1.29 is 19.0 Å². The fraction of sp³-hybridized carbons (Fsp3) is 0.857. The molecular formula is C21H40O4. The molecule has 0 aliphatic carbocycles. The van der Waals surface area contributed by atoms with Gasteiger partial charge in [0.1, 0.15) is 0 Å². The third-order valence-electron chi connectivity index (χ3n) is 4.99. The van der Waals surface area contributed by atoms with Gasteiger partial charge in [-0.25, -0.2) is 4.79 Å². The van der Waals surface area contributed by atoms with Crippen LogP contribution in [0.4, 0.5) is 0 Å². The largest absolute Gasteiger partial charge is 0.462 e. The van der Waals surface area contributed by atoms with Gasteiger partial charge in [0.25, 0.3) is 0 Å². The zero-order valence-electron chi connectivity index (χ0n) is 17.2. The van der Waals surface area contributed by atoms with Gasteiger partial charge >= 0.3 is 5.97 Å². The summed E-state index contributed by atoms with van der Waals surface area (Å²) in [5.74, 6) is -0.545. The van der Waals surface area contributed by atoms with Crippen LogP contribution in [0.1, 0.15) is 85.0 Å². The Bertz CT molecular complexity index is 353. The summed E-state index contributed by atoms with van der Waals surface area (Å²) in [6.07, 6.45) is 11.3. The first-order valence-electron chi connectivity index (χ1n) is 9.90. The van der Waals surface area contributed by atoms with E-state index < -0.39 is 5.79 Å². The zero-order valence-corrected chi connectivity index (χ0v) is 17.2. The van der Waals surface area contributed by atoms with Crippen LogP contribution in [0.3, 0.4) is 0 Å². The lowest BCUT2D eigenvalue weighted by Gasteiger charge is -2.38. The molecule has 148 valence electrons. The highest BCUT2D eigenvalue weighted by Crippen LogP contribution is 2.34. The summed E-state index contributed by atoms with van der Waals surface area (Å²) in [5, 5.41) is 0. The Hall–Kier alpha value is -0.870. The molecule has 0 saturated heterocycles. The predicted octanol–water partition coefficient (Wildman–Crippen LogP) is 5.65. The van der Waals surface area contributed by atoms with Crippen molar-refractivity contribution in [1.29, 1.82) is 0 Å². The molecule has 0 aromatic rings. The van der Waals surface area contributed by atoms with Crippen molar-refractivity contribution in [3.05, 3.63) is 12.2 Å². The van der Waals surface area contributed by atoms with Gasteiger partial charge in [-0.2, -0.15) is 0 Å². The fourth-order valence-electron chi connectivity index (χ4n) is 3.37. The van der Waals surface area contributed by atoms with Crippen molar-refractivity contribution in [1.82, 2.24) is 0 Å². The van der Waals surface area contributed by atoms with Crippen molar-refractivity contribution in [2.45, 2.75) is 90.8 Å². The van der Waals surface area contributed by atoms with Gasteiger partial charge in [-0.1, -0.05) is 59.0 Å². The topological polar surface area (TPSA) is 44.8 Å². The van der Waals surface area contributed by atoms with Crippen LogP contribution >= 0.6 is 0 Å². The van der Waals surface area contributed by atoms with Crippen LogP contribution in [-0.4, -0.2) is 32.6 Å². The van der Waals surface area contributed by atoms with Crippen molar-refractivity contribution in [3.63, 3.8) is 0 Å². The average Bonchev–Trinajstić information content (AvgIpc) is 2.62. The first-order valence-corrected chi connectivity index (χ1v) is 9.90. The Labute approximate surface area is 155 Å². The van der Waals surface area contributed by atoms with Crippen LogP contribution in [0.2, 0.25) is 0 Å². The SMILES string of the molecule is C=C(C)C(=O)OCCCC(CCCCCCCC)C(CC)(OC)OC. The van der Waals surface area contributed by atoms with Gasteiger partial charge < -0.3 is 14.2 Å². The number of rotatable bonds is 16. The number of hydrogen-bond acceptors (Lipinski definition) is 4. The van der Waals surface area contributed by atoms with Crippen LogP contribution in [0.25, 0.3) is 0 Å². The molecule has 0 bridgehead atoms. The molecule has 0 spiro atoms. The normalized spacial score (nSPS) is 12.8. The van der Waals surface area contributed by atoms with Gasteiger partial charge in [-0.15, -0.1) is 0 Å². The van der Waals surface area contributed by atoms with Crippen LogP contribution in [-0.2, 0) is 19.0 Å². The smallest absolute Gasteiger partial charge is 0.333 e. The summed E-state index contributed by atoms with van der Waals surface area (Å²) >= 11 is 0. The van der Waals surface area contributed by atoms with Crippen LogP contribution in [0.15, 0.2) is 12.2 Å². The molecule has 25 heavy (non-hydrogen) atoms. The van der Waals surface area contributed by atoms with E-state index in [9.17, 15) is 4.79 Å². The van der Waals surface area contributed by atoms with Gasteiger partial charge in [0.2, 0.25) is 0 Å². The molecule has 1 atom stereocenters. The second kappa shape index (κ2) is 14.3. The lowest BCUT2D eigenvalue weighted by atomic mass is 9.86. The Kier molecular flexibility index (Phi) is 13.8. The number of hydrogen-bond donors (Lipinski definition) is 0. The minimum absolute atomic E-state index is 0.308. The Morgan fingerprint density at radius 3 is 2.04 bits per heavy atom. The molecule has 0 aromatic heterocycles. The monoisotopic (exact) mass is 356 g/mol. The first kappa shape index (κ1) is 24.1. The first-order chi connectivity index (χ1) is 12.0. The van der Waals surface area contributed by atoms with E-state index in [1.54, 1.807) is 21.1 Å². The van der Waals surface area contributed by atoms with E-state index in [2.05, 4.69) is 20.4 Å². The second-order valence-corrected chi connectivity index (χ2v) is 6.89. The number of ether oxygens (including phenoxy) is 3. The predicted molar refractivity (Wildman–Crippen MR) is 104 cm³/mol. The average molecular weight is 357 g/mol. The second-order valence-electron chi connectivity index (χ2n) is 6.89. The van der Waals surface area contributed by atoms with E-state index in [4.69, 9.17) is 14.2 Å². The molecule has 0 amide bonds.